The Morgan fingerprint density at radius 1 is 1.50 bits per heavy atom. The fourth-order valence-corrected chi connectivity index (χ4v) is 2.14. The second-order valence-corrected chi connectivity index (χ2v) is 4.05. The van der Waals surface area contributed by atoms with E-state index in [1.54, 1.807) is 0 Å². The maximum absolute atomic E-state index is 13.1. The van der Waals surface area contributed by atoms with Gasteiger partial charge in [-0.15, -0.1) is 0 Å². The predicted octanol–water partition coefficient (Wildman–Crippen LogP) is 2.87. The van der Waals surface area contributed by atoms with Crippen LogP contribution in [0, 0.1) is 12.7 Å². The Labute approximate surface area is 88.9 Å². The van der Waals surface area contributed by atoms with E-state index < -0.39 is 0 Å². The number of nitrogens with one attached hydrogen (secondary N) is 1. The van der Waals surface area contributed by atoms with Gasteiger partial charge in [0.15, 0.2) is 0 Å². The molecule has 0 radical (unpaired) electrons. The summed E-state index contributed by atoms with van der Waals surface area (Å²) >= 11 is 3.27. The van der Waals surface area contributed by atoms with Crippen LogP contribution in [0.4, 0.5) is 4.39 Å². The number of hydrogen-bond acceptors (Lipinski definition) is 1. The molecule has 0 aliphatic heterocycles. The molecular formula is C10H9BrFNO. The zero-order valence-corrected chi connectivity index (χ0v) is 9.15. The fraction of sp³-hybridized carbons (Fsp3) is 0.200. The van der Waals surface area contributed by atoms with Crippen molar-refractivity contribution in [3.63, 3.8) is 0 Å². The first-order valence-electron chi connectivity index (χ1n) is 4.20. The Kier molecular flexibility index (Phi) is 2.33. The minimum Gasteiger partial charge on any atom is -0.392 e. The molecule has 1 heterocycles. The Hall–Kier alpha value is -0.870. The first-order valence-corrected chi connectivity index (χ1v) is 5.00. The van der Waals surface area contributed by atoms with E-state index in [-0.39, 0.29) is 12.4 Å². The summed E-state index contributed by atoms with van der Waals surface area (Å²) in [7, 11) is 0. The van der Waals surface area contributed by atoms with Crippen LogP contribution >= 0.6 is 15.9 Å². The highest BCUT2D eigenvalue weighted by molar-refractivity contribution is 9.10. The number of halogens is 2. The third kappa shape index (κ3) is 1.35. The summed E-state index contributed by atoms with van der Waals surface area (Å²) in [6.45, 7) is 1.78. The van der Waals surface area contributed by atoms with Crippen LogP contribution in [0.2, 0.25) is 0 Å². The van der Waals surface area contributed by atoms with Gasteiger partial charge >= 0.3 is 0 Å². The van der Waals surface area contributed by atoms with Crippen molar-refractivity contribution in [1.82, 2.24) is 4.98 Å². The number of H-pyrrole nitrogens is 1. The van der Waals surface area contributed by atoms with E-state index in [4.69, 9.17) is 5.11 Å². The van der Waals surface area contributed by atoms with Crippen LogP contribution in [0.3, 0.4) is 0 Å². The fourth-order valence-electron chi connectivity index (χ4n) is 1.61. The lowest BCUT2D eigenvalue weighted by Crippen LogP contribution is -1.84. The maximum Gasteiger partial charge on any atom is 0.125 e. The topological polar surface area (TPSA) is 36.0 Å². The monoisotopic (exact) mass is 257 g/mol. The van der Waals surface area contributed by atoms with Crippen molar-refractivity contribution in [3.05, 3.63) is 33.7 Å². The maximum atomic E-state index is 13.1. The molecule has 0 bridgehead atoms. The summed E-state index contributed by atoms with van der Waals surface area (Å²) in [6.07, 6.45) is 0. The Morgan fingerprint density at radius 3 is 2.86 bits per heavy atom. The van der Waals surface area contributed by atoms with Crippen LogP contribution in [0.5, 0.6) is 0 Å². The number of aromatic amines is 1. The summed E-state index contributed by atoms with van der Waals surface area (Å²) in [6, 6.07) is 2.83. The standard InChI is InChI=1S/C10H9BrFNO/c1-5-8(4-14)7-2-6(12)3-9(11)10(7)13-5/h2-3,13-14H,4H2,1H3. The highest BCUT2D eigenvalue weighted by Gasteiger charge is 2.10. The van der Waals surface area contributed by atoms with Crippen molar-refractivity contribution >= 4 is 26.8 Å². The summed E-state index contributed by atoms with van der Waals surface area (Å²) in [5, 5.41) is 9.86. The molecule has 0 unspecified atom stereocenters. The number of hydrogen-bond donors (Lipinski definition) is 2. The molecule has 0 aliphatic rings. The van der Waals surface area contributed by atoms with Gasteiger partial charge in [0.25, 0.3) is 0 Å². The molecule has 4 heteroatoms. The van der Waals surface area contributed by atoms with Gasteiger partial charge in [-0.3, -0.25) is 0 Å². The van der Waals surface area contributed by atoms with Gasteiger partial charge in [-0.25, -0.2) is 4.39 Å². The number of fused-ring (bicyclic) bond motifs is 1. The molecule has 1 aromatic heterocycles. The number of benzene rings is 1. The van der Waals surface area contributed by atoms with Crippen LogP contribution < -0.4 is 0 Å². The van der Waals surface area contributed by atoms with E-state index in [0.717, 1.165) is 22.2 Å². The van der Waals surface area contributed by atoms with Crippen LogP contribution in [0.15, 0.2) is 16.6 Å². The molecule has 14 heavy (non-hydrogen) atoms. The van der Waals surface area contributed by atoms with Crippen LogP contribution in [0.1, 0.15) is 11.3 Å². The van der Waals surface area contributed by atoms with Gasteiger partial charge in [-0.2, -0.15) is 0 Å². The lowest BCUT2D eigenvalue weighted by atomic mass is 10.1. The molecule has 2 aromatic rings. The van der Waals surface area contributed by atoms with Crippen LogP contribution in [0.25, 0.3) is 10.9 Å². The molecule has 1 aromatic carbocycles. The molecule has 0 saturated heterocycles. The van der Waals surface area contributed by atoms with Gasteiger partial charge in [0, 0.05) is 21.1 Å². The number of aliphatic hydroxyl groups excluding tert-OH is 1. The van der Waals surface area contributed by atoms with E-state index >= 15 is 0 Å². The molecule has 2 rings (SSSR count). The van der Waals surface area contributed by atoms with Gasteiger partial charge in [0.05, 0.1) is 12.1 Å². The van der Waals surface area contributed by atoms with Crippen molar-refractivity contribution in [2.75, 3.05) is 0 Å². The lowest BCUT2D eigenvalue weighted by Gasteiger charge is -1.97. The van der Waals surface area contributed by atoms with E-state index in [1.165, 1.54) is 12.1 Å². The van der Waals surface area contributed by atoms with Gasteiger partial charge < -0.3 is 10.1 Å². The number of aryl methyl sites for hydroxylation is 1. The molecule has 0 fully saturated rings. The largest absolute Gasteiger partial charge is 0.392 e. The van der Waals surface area contributed by atoms with E-state index in [9.17, 15) is 4.39 Å². The first kappa shape index (κ1) is 9.68. The lowest BCUT2D eigenvalue weighted by molar-refractivity contribution is 0.282. The predicted molar refractivity (Wildman–Crippen MR) is 56.6 cm³/mol. The summed E-state index contributed by atoms with van der Waals surface area (Å²) in [5.41, 5.74) is 2.45. The first-order chi connectivity index (χ1) is 6.63. The third-order valence-corrected chi connectivity index (χ3v) is 2.93. The van der Waals surface area contributed by atoms with Crippen LogP contribution in [-0.2, 0) is 6.61 Å². The normalized spacial score (nSPS) is 11.1. The zero-order chi connectivity index (χ0) is 10.3. The van der Waals surface area contributed by atoms with Gasteiger partial charge in [-0.1, -0.05) is 0 Å². The van der Waals surface area contributed by atoms with Crippen molar-refractivity contribution in [2.45, 2.75) is 13.5 Å². The zero-order valence-electron chi connectivity index (χ0n) is 7.56. The SMILES string of the molecule is Cc1[nH]c2c(Br)cc(F)cc2c1CO. The molecule has 0 amide bonds. The summed E-state index contributed by atoms with van der Waals surface area (Å²) in [5.74, 6) is -0.307. The van der Waals surface area contributed by atoms with Gasteiger partial charge in [0.2, 0.25) is 0 Å². The molecule has 0 saturated carbocycles. The summed E-state index contributed by atoms with van der Waals surface area (Å²) in [4.78, 5) is 3.10. The Morgan fingerprint density at radius 2 is 2.21 bits per heavy atom. The Balaban J connectivity index is 2.87. The third-order valence-electron chi connectivity index (χ3n) is 2.30. The minimum atomic E-state index is -0.307. The number of rotatable bonds is 1. The van der Waals surface area contributed by atoms with Crippen molar-refractivity contribution < 1.29 is 9.50 Å². The number of aromatic nitrogens is 1. The van der Waals surface area contributed by atoms with Crippen LogP contribution in [-0.4, -0.2) is 10.1 Å². The molecule has 0 atom stereocenters. The average Bonchev–Trinajstić information content (AvgIpc) is 2.41. The van der Waals surface area contributed by atoms with E-state index in [0.29, 0.717) is 4.47 Å². The van der Waals surface area contributed by atoms with Crippen molar-refractivity contribution in [1.29, 1.82) is 0 Å². The van der Waals surface area contributed by atoms with Crippen molar-refractivity contribution in [3.8, 4) is 0 Å². The van der Waals surface area contributed by atoms with Gasteiger partial charge in [-0.05, 0) is 35.0 Å². The summed E-state index contributed by atoms with van der Waals surface area (Å²) < 4.78 is 13.8. The van der Waals surface area contributed by atoms with Gasteiger partial charge in [0.1, 0.15) is 5.82 Å². The minimum absolute atomic E-state index is 0.0816. The second-order valence-electron chi connectivity index (χ2n) is 3.20. The average molecular weight is 258 g/mol. The Bertz CT molecular complexity index is 492. The molecule has 2 nitrogen and oxygen atoms in total. The van der Waals surface area contributed by atoms with E-state index in [2.05, 4.69) is 20.9 Å². The highest BCUT2D eigenvalue weighted by Crippen LogP contribution is 2.29. The number of aliphatic hydroxyl groups is 1. The quantitative estimate of drug-likeness (QED) is 0.810. The molecule has 0 aliphatic carbocycles. The van der Waals surface area contributed by atoms with E-state index in [1.807, 2.05) is 6.92 Å². The highest BCUT2D eigenvalue weighted by atomic mass is 79.9. The molecule has 74 valence electrons. The smallest absolute Gasteiger partial charge is 0.125 e. The second kappa shape index (κ2) is 3.37. The molecular weight excluding hydrogens is 249 g/mol. The van der Waals surface area contributed by atoms with Crippen molar-refractivity contribution in [2.24, 2.45) is 0 Å². The molecule has 0 spiro atoms. The molecule has 2 N–H and O–H groups in total.